The van der Waals surface area contributed by atoms with Gasteiger partial charge in [0.2, 0.25) is 0 Å². The molecule has 3 nitrogen and oxygen atoms in total. The molecular weight excluding hydrogens is 204 g/mol. The van der Waals surface area contributed by atoms with Gasteiger partial charge < -0.3 is 10.5 Å². The van der Waals surface area contributed by atoms with Gasteiger partial charge in [-0.1, -0.05) is 5.92 Å². The number of carbonyl (C=O) groups is 1. The largest absolute Gasteiger partial charge is 0.459 e. The summed E-state index contributed by atoms with van der Waals surface area (Å²) in [5, 5.41) is 0. The Bertz CT molecular complexity index is 437. The minimum Gasteiger partial charge on any atom is -0.459 e. The highest BCUT2D eigenvalue weighted by Crippen LogP contribution is 2.16. The van der Waals surface area contributed by atoms with E-state index in [4.69, 9.17) is 5.73 Å². The molecule has 0 saturated heterocycles. The van der Waals surface area contributed by atoms with E-state index in [9.17, 15) is 13.6 Å². The molecular formula is C10H7F2NO2. The number of rotatable bonds is 0. The first-order chi connectivity index (χ1) is 7.04. The fourth-order valence-corrected chi connectivity index (χ4v) is 0.831. The van der Waals surface area contributed by atoms with Crippen LogP contribution < -0.4 is 5.73 Å². The summed E-state index contributed by atoms with van der Waals surface area (Å²) in [4.78, 5) is 10.6. The summed E-state index contributed by atoms with van der Waals surface area (Å²) < 4.78 is 30.0. The third-order valence-corrected chi connectivity index (χ3v) is 1.57. The van der Waals surface area contributed by atoms with Crippen molar-refractivity contribution in [2.45, 2.75) is 0 Å². The summed E-state index contributed by atoms with van der Waals surface area (Å²) in [6.07, 6.45) is 0. The van der Waals surface area contributed by atoms with Crippen LogP contribution in [-0.2, 0) is 9.53 Å². The van der Waals surface area contributed by atoms with Gasteiger partial charge in [-0.25, -0.2) is 13.6 Å². The summed E-state index contributed by atoms with van der Waals surface area (Å²) >= 11 is 0. The lowest BCUT2D eigenvalue weighted by atomic mass is 10.2. The summed E-state index contributed by atoms with van der Waals surface area (Å²) in [5.41, 5.74) is 4.49. The predicted octanol–water partition coefficient (Wildman–Crippen LogP) is 1.07. The number of hydrogen-bond donors (Lipinski definition) is 1. The van der Waals surface area contributed by atoms with Crippen LogP contribution in [0.15, 0.2) is 12.1 Å². The van der Waals surface area contributed by atoms with Crippen molar-refractivity contribution in [3.05, 3.63) is 29.3 Å². The summed E-state index contributed by atoms with van der Waals surface area (Å²) in [6.45, 7) is 0. The van der Waals surface area contributed by atoms with Crippen molar-refractivity contribution < 1.29 is 18.3 Å². The van der Waals surface area contributed by atoms with Crippen LogP contribution >= 0.6 is 0 Å². The Morgan fingerprint density at radius 2 is 1.93 bits per heavy atom. The second-order valence-corrected chi connectivity index (χ2v) is 2.60. The van der Waals surface area contributed by atoms with Gasteiger partial charge in [-0.05, 0) is 12.1 Å². The zero-order chi connectivity index (χ0) is 11.4. The Morgan fingerprint density at radius 1 is 1.40 bits per heavy atom. The maximum absolute atomic E-state index is 12.9. The normalized spacial score (nSPS) is 9.00. The third kappa shape index (κ3) is 2.68. The SMILES string of the molecule is COC(=O)C#Cc1cc(F)c(N)c(F)c1. The number of nitrogens with two attached hydrogens (primary N) is 1. The molecule has 0 heterocycles. The number of ether oxygens (including phenoxy) is 1. The fraction of sp³-hybridized carbons (Fsp3) is 0.100. The maximum atomic E-state index is 12.9. The smallest absolute Gasteiger partial charge is 0.384 e. The molecule has 0 spiro atoms. The average molecular weight is 211 g/mol. The molecule has 0 fully saturated rings. The number of carbonyl (C=O) groups excluding carboxylic acids is 1. The van der Waals surface area contributed by atoms with Gasteiger partial charge in [-0.3, -0.25) is 0 Å². The van der Waals surface area contributed by atoms with Gasteiger partial charge >= 0.3 is 5.97 Å². The Kier molecular flexibility index (Phi) is 3.24. The molecule has 0 aliphatic heterocycles. The highest BCUT2D eigenvalue weighted by Gasteiger charge is 2.06. The molecule has 0 atom stereocenters. The van der Waals surface area contributed by atoms with Crippen molar-refractivity contribution in [2.75, 3.05) is 12.8 Å². The van der Waals surface area contributed by atoms with Crippen LogP contribution in [0.5, 0.6) is 0 Å². The van der Waals surface area contributed by atoms with Gasteiger partial charge in [0.15, 0.2) is 0 Å². The van der Waals surface area contributed by atoms with Gasteiger partial charge in [-0.15, -0.1) is 0 Å². The third-order valence-electron chi connectivity index (χ3n) is 1.57. The standard InChI is InChI=1S/C10H7F2NO2/c1-15-9(14)3-2-6-4-7(11)10(13)8(12)5-6/h4-5H,13H2,1H3. The van der Waals surface area contributed by atoms with Crippen molar-refractivity contribution in [3.8, 4) is 11.8 Å². The molecule has 78 valence electrons. The first kappa shape index (κ1) is 11.0. The molecule has 1 rings (SSSR count). The van der Waals surface area contributed by atoms with E-state index < -0.39 is 23.3 Å². The number of hydrogen-bond acceptors (Lipinski definition) is 3. The van der Waals surface area contributed by atoms with Crippen LogP contribution in [0.1, 0.15) is 5.56 Å². The van der Waals surface area contributed by atoms with Crippen LogP contribution in [-0.4, -0.2) is 13.1 Å². The molecule has 0 aliphatic carbocycles. The molecule has 0 amide bonds. The van der Waals surface area contributed by atoms with E-state index in [1.165, 1.54) is 0 Å². The fourth-order valence-electron chi connectivity index (χ4n) is 0.831. The maximum Gasteiger partial charge on any atom is 0.384 e. The van der Waals surface area contributed by atoms with Gasteiger partial charge in [0.1, 0.15) is 17.3 Å². The molecule has 1 aromatic carbocycles. The van der Waals surface area contributed by atoms with Crippen molar-refractivity contribution >= 4 is 11.7 Å². The number of anilines is 1. The van der Waals surface area contributed by atoms with E-state index >= 15 is 0 Å². The van der Waals surface area contributed by atoms with Crippen LogP contribution in [0.2, 0.25) is 0 Å². The Morgan fingerprint density at radius 3 is 2.40 bits per heavy atom. The zero-order valence-corrected chi connectivity index (χ0v) is 7.80. The monoisotopic (exact) mass is 211 g/mol. The first-order valence-corrected chi connectivity index (χ1v) is 3.89. The lowest BCUT2D eigenvalue weighted by Crippen LogP contribution is -1.97. The number of halogens is 2. The minimum absolute atomic E-state index is 0.0181. The Labute approximate surface area is 84.8 Å². The van der Waals surface area contributed by atoms with E-state index in [0.29, 0.717) is 0 Å². The van der Waals surface area contributed by atoms with Gasteiger partial charge in [0, 0.05) is 11.5 Å². The summed E-state index contributed by atoms with van der Waals surface area (Å²) in [6, 6.07) is 1.88. The molecule has 0 radical (unpaired) electrons. The van der Waals surface area contributed by atoms with Crippen molar-refractivity contribution in [1.29, 1.82) is 0 Å². The zero-order valence-electron chi connectivity index (χ0n) is 7.80. The van der Waals surface area contributed by atoms with Gasteiger partial charge in [0.25, 0.3) is 0 Å². The Balaban J connectivity index is 3.06. The molecule has 0 bridgehead atoms. The average Bonchev–Trinajstić information content (AvgIpc) is 2.22. The lowest BCUT2D eigenvalue weighted by Gasteiger charge is -1.98. The molecule has 1 aromatic rings. The first-order valence-electron chi connectivity index (χ1n) is 3.89. The van der Waals surface area contributed by atoms with Crippen molar-refractivity contribution in [3.63, 3.8) is 0 Å². The molecule has 0 saturated carbocycles. The van der Waals surface area contributed by atoms with E-state index in [0.717, 1.165) is 19.2 Å². The molecule has 0 unspecified atom stereocenters. The lowest BCUT2D eigenvalue weighted by molar-refractivity contribution is -0.133. The number of nitrogen functional groups attached to an aromatic ring is 1. The van der Waals surface area contributed by atoms with Crippen molar-refractivity contribution in [2.24, 2.45) is 0 Å². The predicted molar refractivity (Wildman–Crippen MR) is 49.7 cm³/mol. The molecule has 0 aromatic heterocycles. The molecule has 2 N–H and O–H groups in total. The second-order valence-electron chi connectivity index (χ2n) is 2.60. The Hall–Kier alpha value is -2.09. The van der Waals surface area contributed by atoms with Gasteiger partial charge in [-0.2, -0.15) is 0 Å². The highest BCUT2D eigenvalue weighted by atomic mass is 19.1. The summed E-state index contributed by atoms with van der Waals surface area (Å²) in [7, 11) is 1.15. The van der Waals surface area contributed by atoms with E-state index in [-0.39, 0.29) is 5.56 Å². The summed E-state index contributed by atoms with van der Waals surface area (Å²) in [5.74, 6) is 1.67. The van der Waals surface area contributed by atoms with Gasteiger partial charge in [0.05, 0.1) is 7.11 Å². The number of methoxy groups -OCH3 is 1. The van der Waals surface area contributed by atoms with Crippen LogP contribution in [0.3, 0.4) is 0 Å². The van der Waals surface area contributed by atoms with Crippen LogP contribution in [0, 0.1) is 23.5 Å². The quantitative estimate of drug-likeness (QED) is 0.396. The van der Waals surface area contributed by atoms with Crippen molar-refractivity contribution in [1.82, 2.24) is 0 Å². The number of benzene rings is 1. The molecule has 0 aliphatic rings. The van der Waals surface area contributed by atoms with E-state index in [1.807, 2.05) is 5.92 Å². The number of esters is 1. The minimum atomic E-state index is -0.913. The molecule has 15 heavy (non-hydrogen) atoms. The second kappa shape index (κ2) is 4.42. The van der Waals surface area contributed by atoms with E-state index in [2.05, 4.69) is 10.7 Å². The highest BCUT2D eigenvalue weighted by molar-refractivity contribution is 5.89. The topological polar surface area (TPSA) is 52.3 Å². The molecule has 5 heteroatoms. The van der Waals surface area contributed by atoms with Crippen LogP contribution in [0.25, 0.3) is 0 Å². The van der Waals surface area contributed by atoms with Crippen LogP contribution in [0.4, 0.5) is 14.5 Å². The van der Waals surface area contributed by atoms with E-state index in [1.54, 1.807) is 0 Å².